The predicted octanol–water partition coefficient (Wildman–Crippen LogP) is 4.20. The number of anilines is 2. The number of nitro benzene ring substituents is 1. The number of nitro groups is 1. The van der Waals surface area contributed by atoms with Crippen LogP contribution in [0.4, 0.5) is 17.1 Å². The molecule has 1 amide bonds. The van der Waals surface area contributed by atoms with Gasteiger partial charge in [0.05, 0.1) is 18.1 Å². The first-order valence-electron chi connectivity index (χ1n) is 9.52. The van der Waals surface area contributed by atoms with E-state index in [1.807, 2.05) is 29.2 Å². The molecule has 7 heteroatoms. The molecule has 0 aromatic heterocycles. The molecule has 148 valence electrons. The third kappa shape index (κ3) is 4.31. The van der Waals surface area contributed by atoms with Gasteiger partial charge in [0.1, 0.15) is 5.69 Å². The zero-order valence-corrected chi connectivity index (χ0v) is 16.2. The number of carbonyl (C=O) groups excluding carboxylic acids is 1. The second-order valence-electron chi connectivity index (χ2n) is 6.91. The second kappa shape index (κ2) is 8.84. The van der Waals surface area contributed by atoms with Crippen molar-refractivity contribution >= 4 is 23.0 Å². The Labute approximate surface area is 164 Å². The molecule has 2 aromatic rings. The first kappa shape index (κ1) is 19.8. The van der Waals surface area contributed by atoms with Gasteiger partial charge in [-0.2, -0.15) is 0 Å². The molecule has 0 bridgehead atoms. The molecular weight excluding hydrogens is 358 g/mol. The van der Waals surface area contributed by atoms with E-state index in [-0.39, 0.29) is 17.2 Å². The molecule has 0 spiro atoms. The predicted molar refractivity (Wildman–Crippen MR) is 109 cm³/mol. The van der Waals surface area contributed by atoms with Crippen molar-refractivity contribution in [1.29, 1.82) is 0 Å². The molecule has 1 saturated heterocycles. The number of rotatable bonds is 6. The molecule has 1 N–H and O–H groups in total. The maximum atomic E-state index is 12.8. The quantitative estimate of drug-likeness (QED) is 0.597. The fourth-order valence-corrected chi connectivity index (χ4v) is 3.34. The van der Waals surface area contributed by atoms with Gasteiger partial charge in [0.25, 0.3) is 11.6 Å². The number of morpholine rings is 1. The van der Waals surface area contributed by atoms with Gasteiger partial charge in [-0.15, -0.1) is 0 Å². The second-order valence-corrected chi connectivity index (χ2v) is 6.91. The van der Waals surface area contributed by atoms with Crippen LogP contribution in [0.15, 0.2) is 42.5 Å². The molecule has 2 aromatic carbocycles. The van der Waals surface area contributed by atoms with E-state index >= 15 is 0 Å². The summed E-state index contributed by atoms with van der Waals surface area (Å²) in [5, 5.41) is 14.5. The highest BCUT2D eigenvalue weighted by molar-refractivity contribution is 6.05. The van der Waals surface area contributed by atoms with E-state index in [4.69, 9.17) is 4.74 Å². The molecule has 1 atom stereocenters. The Kier molecular flexibility index (Phi) is 6.26. The lowest BCUT2D eigenvalue weighted by atomic mass is 9.96. The van der Waals surface area contributed by atoms with Crippen molar-refractivity contribution in [3.05, 3.63) is 63.7 Å². The zero-order valence-electron chi connectivity index (χ0n) is 16.2. The summed E-state index contributed by atoms with van der Waals surface area (Å²) < 4.78 is 5.31. The van der Waals surface area contributed by atoms with Crippen molar-refractivity contribution in [3.8, 4) is 0 Å². The molecular formula is C21H25N3O4. The van der Waals surface area contributed by atoms with Crippen LogP contribution in [-0.4, -0.2) is 37.1 Å². The number of benzene rings is 2. The summed E-state index contributed by atoms with van der Waals surface area (Å²) in [6.07, 6.45) is 0.951. The molecule has 1 aliphatic rings. The number of nitrogens with zero attached hydrogens (tertiary/aromatic N) is 2. The van der Waals surface area contributed by atoms with Crippen LogP contribution in [0.1, 0.15) is 42.1 Å². The van der Waals surface area contributed by atoms with Crippen molar-refractivity contribution in [2.45, 2.75) is 26.2 Å². The number of carbonyl (C=O) groups is 1. The summed E-state index contributed by atoms with van der Waals surface area (Å²) in [5.74, 6) is -0.0538. The maximum absolute atomic E-state index is 12.8. The van der Waals surface area contributed by atoms with E-state index < -0.39 is 4.92 Å². The Hall–Kier alpha value is -2.93. The molecule has 7 nitrogen and oxygen atoms in total. The first-order valence-corrected chi connectivity index (χ1v) is 9.52. The van der Waals surface area contributed by atoms with E-state index in [1.165, 1.54) is 6.07 Å². The summed E-state index contributed by atoms with van der Waals surface area (Å²) in [7, 11) is 0. The molecule has 1 unspecified atom stereocenters. The van der Waals surface area contributed by atoms with Gasteiger partial charge in [-0.05, 0) is 36.1 Å². The van der Waals surface area contributed by atoms with Gasteiger partial charge in [0.15, 0.2) is 0 Å². The molecule has 0 aliphatic carbocycles. The Morgan fingerprint density at radius 3 is 2.64 bits per heavy atom. The zero-order chi connectivity index (χ0) is 20.1. The van der Waals surface area contributed by atoms with Crippen molar-refractivity contribution in [2.24, 2.45) is 0 Å². The lowest BCUT2D eigenvalue weighted by molar-refractivity contribution is -0.384. The Morgan fingerprint density at radius 2 is 1.96 bits per heavy atom. The fourth-order valence-electron chi connectivity index (χ4n) is 3.34. The van der Waals surface area contributed by atoms with Gasteiger partial charge >= 0.3 is 0 Å². The molecule has 28 heavy (non-hydrogen) atoms. The van der Waals surface area contributed by atoms with Crippen LogP contribution in [0.25, 0.3) is 0 Å². The standard InChI is InChI=1S/C21H25N3O4/c1-3-15(2)17-6-4-5-7-18(17)22-21(25)16-8-9-19(20(14-16)24(26)27)23-10-12-28-13-11-23/h4-9,14-15H,3,10-13H2,1-2H3,(H,22,25). The number of hydrogen-bond acceptors (Lipinski definition) is 5. The molecule has 1 aliphatic heterocycles. The van der Waals surface area contributed by atoms with Gasteiger partial charge in [-0.1, -0.05) is 32.0 Å². The average Bonchev–Trinajstić information content (AvgIpc) is 2.73. The molecule has 0 radical (unpaired) electrons. The summed E-state index contributed by atoms with van der Waals surface area (Å²) >= 11 is 0. The normalized spacial score (nSPS) is 15.1. The maximum Gasteiger partial charge on any atom is 0.293 e. The van der Waals surface area contributed by atoms with Crippen LogP contribution in [0.3, 0.4) is 0 Å². The molecule has 0 saturated carbocycles. The van der Waals surface area contributed by atoms with Gasteiger partial charge in [0, 0.05) is 30.4 Å². The van der Waals surface area contributed by atoms with Crippen molar-refractivity contribution in [2.75, 3.05) is 36.5 Å². The highest BCUT2D eigenvalue weighted by Crippen LogP contribution is 2.31. The van der Waals surface area contributed by atoms with Gasteiger partial charge in [0.2, 0.25) is 0 Å². The van der Waals surface area contributed by atoms with E-state index in [1.54, 1.807) is 12.1 Å². The van der Waals surface area contributed by atoms with Crippen LogP contribution in [0.5, 0.6) is 0 Å². The lowest BCUT2D eigenvalue weighted by Gasteiger charge is -2.28. The highest BCUT2D eigenvalue weighted by Gasteiger charge is 2.23. The highest BCUT2D eigenvalue weighted by atomic mass is 16.6. The third-order valence-electron chi connectivity index (χ3n) is 5.14. The largest absolute Gasteiger partial charge is 0.378 e. The van der Waals surface area contributed by atoms with Crippen LogP contribution < -0.4 is 10.2 Å². The third-order valence-corrected chi connectivity index (χ3v) is 5.14. The Bertz CT molecular complexity index is 862. The van der Waals surface area contributed by atoms with Gasteiger partial charge < -0.3 is 15.0 Å². The first-order chi connectivity index (χ1) is 13.5. The number of nitrogens with one attached hydrogen (secondary N) is 1. The van der Waals surface area contributed by atoms with Gasteiger partial charge in [-0.25, -0.2) is 0 Å². The minimum absolute atomic E-state index is 0.0650. The van der Waals surface area contributed by atoms with Crippen molar-refractivity contribution in [1.82, 2.24) is 0 Å². The van der Waals surface area contributed by atoms with E-state index in [0.717, 1.165) is 17.7 Å². The van der Waals surface area contributed by atoms with E-state index in [2.05, 4.69) is 19.2 Å². The minimum Gasteiger partial charge on any atom is -0.378 e. The van der Waals surface area contributed by atoms with Gasteiger partial charge in [-0.3, -0.25) is 14.9 Å². The van der Waals surface area contributed by atoms with Crippen molar-refractivity contribution < 1.29 is 14.5 Å². The van der Waals surface area contributed by atoms with Crippen molar-refractivity contribution in [3.63, 3.8) is 0 Å². The Balaban J connectivity index is 1.87. The molecule has 1 heterocycles. The molecule has 1 fully saturated rings. The number of amides is 1. The summed E-state index contributed by atoms with van der Waals surface area (Å²) in [6.45, 7) is 6.45. The van der Waals surface area contributed by atoms with Crippen LogP contribution in [0, 0.1) is 10.1 Å². The average molecular weight is 383 g/mol. The SMILES string of the molecule is CCC(C)c1ccccc1NC(=O)c1ccc(N2CCOCC2)c([N+](=O)[O-])c1. The number of para-hydroxylation sites is 1. The smallest absolute Gasteiger partial charge is 0.293 e. The minimum atomic E-state index is -0.436. The van der Waals surface area contributed by atoms with Crippen LogP contribution in [0.2, 0.25) is 0 Å². The Morgan fingerprint density at radius 1 is 1.25 bits per heavy atom. The summed E-state index contributed by atoms with van der Waals surface area (Å²) in [5.41, 5.74) is 2.51. The fraction of sp³-hybridized carbons (Fsp3) is 0.381. The summed E-state index contributed by atoms with van der Waals surface area (Å²) in [6, 6.07) is 12.3. The van der Waals surface area contributed by atoms with Crippen LogP contribution in [-0.2, 0) is 4.74 Å². The van der Waals surface area contributed by atoms with E-state index in [0.29, 0.717) is 37.9 Å². The number of ether oxygens (including phenoxy) is 1. The summed E-state index contributed by atoms with van der Waals surface area (Å²) in [4.78, 5) is 25.9. The monoisotopic (exact) mass is 383 g/mol. The molecule has 3 rings (SSSR count). The van der Waals surface area contributed by atoms with Crippen LogP contribution >= 0.6 is 0 Å². The lowest BCUT2D eigenvalue weighted by Crippen LogP contribution is -2.36. The topological polar surface area (TPSA) is 84.7 Å². The number of hydrogen-bond donors (Lipinski definition) is 1. The van der Waals surface area contributed by atoms with E-state index in [9.17, 15) is 14.9 Å².